The van der Waals surface area contributed by atoms with Crippen LogP contribution in [0.15, 0.2) is 54.7 Å². The van der Waals surface area contributed by atoms with Crippen molar-refractivity contribution in [3.63, 3.8) is 0 Å². The van der Waals surface area contributed by atoms with Gasteiger partial charge in [0.05, 0.1) is 5.52 Å². The maximum atomic E-state index is 5.96. The van der Waals surface area contributed by atoms with Gasteiger partial charge in [-0.15, -0.1) is 0 Å². The first-order chi connectivity index (χ1) is 10.3. The number of benzene rings is 2. The van der Waals surface area contributed by atoms with Crippen LogP contribution in [0.5, 0.6) is 5.75 Å². The van der Waals surface area contributed by atoms with Gasteiger partial charge in [-0.2, -0.15) is 0 Å². The molecule has 0 bridgehead atoms. The Balaban J connectivity index is 1.80. The van der Waals surface area contributed by atoms with Gasteiger partial charge in [-0.05, 0) is 42.0 Å². The molecule has 0 aliphatic heterocycles. The van der Waals surface area contributed by atoms with Crippen molar-refractivity contribution in [2.24, 2.45) is 5.73 Å². The predicted molar refractivity (Wildman–Crippen MR) is 85.4 cm³/mol. The van der Waals surface area contributed by atoms with E-state index < -0.39 is 0 Å². The minimum atomic E-state index is 0.400. The molecule has 3 aromatic rings. The molecule has 0 spiro atoms. The van der Waals surface area contributed by atoms with Crippen LogP contribution in [0, 0.1) is 0 Å². The van der Waals surface area contributed by atoms with Crippen molar-refractivity contribution in [3.05, 3.63) is 70.9 Å². The van der Waals surface area contributed by atoms with E-state index in [0.29, 0.717) is 18.2 Å². The third-order valence-corrected chi connectivity index (χ3v) is 3.54. The van der Waals surface area contributed by atoms with Crippen LogP contribution >= 0.6 is 11.6 Å². The Morgan fingerprint density at radius 3 is 2.86 bits per heavy atom. The monoisotopic (exact) mass is 298 g/mol. The molecule has 0 saturated carbocycles. The van der Waals surface area contributed by atoms with Crippen molar-refractivity contribution in [1.82, 2.24) is 4.98 Å². The fourth-order valence-electron chi connectivity index (χ4n) is 2.22. The Labute approximate surface area is 128 Å². The molecule has 3 nitrogen and oxygen atoms in total. The van der Waals surface area contributed by atoms with Crippen LogP contribution in [0.1, 0.15) is 11.1 Å². The summed E-state index contributed by atoms with van der Waals surface area (Å²) in [5.74, 6) is 0.771. The van der Waals surface area contributed by atoms with E-state index in [4.69, 9.17) is 22.1 Å². The van der Waals surface area contributed by atoms with Crippen LogP contribution in [-0.2, 0) is 13.2 Å². The fraction of sp³-hybridized carbons (Fsp3) is 0.118. The summed E-state index contributed by atoms with van der Waals surface area (Å²) >= 11 is 5.96. The predicted octanol–water partition coefficient (Wildman–Crippen LogP) is 3.93. The quantitative estimate of drug-likeness (QED) is 0.794. The lowest BCUT2D eigenvalue weighted by Crippen LogP contribution is -2.02. The maximum Gasteiger partial charge on any atom is 0.124 e. The SMILES string of the molecule is NCc1cc(Cl)ccc1OCc1ccc2ncccc2c1. The first-order valence-electron chi connectivity index (χ1n) is 6.71. The highest BCUT2D eigenvalue weighted by molar-refractivity contribution is 6.30. The lowest BCUT2D eigenvalue weighted by molar-refractivity contribution is 0.303. The van der Waals surface area contributed by atoms with E-state index in [1.165, 1.54) is 0 Å². The number of halogens is 1. The van der Waals surface area contributed by atoms with Crippen molar-refractivity contribution in [2.75, 3.05) is 0 Å². The summed E-state index contributed by atoms with van der Waals surface area (Å²) < 4.78 is 5.86. The van der Waals surface area contributed by atoms with E-state index in [1.807, 2.05) is 36.4 Å². The highest BCUT2D eigenvalue weighted by atomic mass is 35.5. The molecule has 21 heavy (non-hydrogen) atoms. The minimum Gasteiger partial charge on any atom is -0.489 e. The van der Waals surface area contributed by atoms with Gasteiger partial charge in [0.15, 0.2) is 0 Å². The molecule has 0 saturated heterocycles. The Kier molecular flexibility index (Phi) is 4.04. The van der Waals surface area contributed by atoms with Gasteiger partial charge in [0.2, 0.25) is 0 Å². The summed E-state index contributed by atoms with van der Waals surface area (Å²) in [6, 6.07) is 15.6. The van der Waals surface area contributed by atoms with Gasteiger partial charge in [-0.3, -0.25) is 4.98 Å². The Hall–Kier alpha value is -2.10. The topological polar surface area (TPSA) is 48.1 Å². The van der Waals surface area contributed by atoms with Gasteiger partial charge >= 0.3 is 0 Å². The fourth-order valence-corrected chi connectivity index (χ4v) is 2.42. The van der Waals surface area contributed by atoms with Gasteiger partial charge in [-0.25, -0.2) is 0 Å². The number of aromatic nitrogens is 1. The molecule has 0 radical (unpaired) electrons. The van der Waals surface area contributed by atoms with E-state index in [0.717, 1.165) is 27.8 Å². The lowest BCUT2D eigenvalue weighted by Gasteiger charge is -2.11. The molecule has 0 atom stereocenters. The lowest BCUT2D eigenvalue weighted by atomic mass is 10.1. The second kappa shape index (κ2) is 6.12. The number of pyridine rings is 1. The summed E-state index contributed by atoms with van der Waals surface area (Å²) in [6.07, 6.45) is 1.79. The molecular formula is C17H15ClN2O. The Morgan fingerprint density at radius 2 is 2.00 bits per heavy atom. The number of hydrogen-bond donors (Lipinski definition) is 1. The summed E-state index contributed by atoms with van der Waals surface area (Å²) in [5, 5.41) is 1.77. The standard InChI is InChI=1S/C17H15ClN2O/c18-15-4-6-17(14(9-15)10-19)21-11-12-3-5-16-13(8-12)2-1-7-20-16/h1-9H,10-11,19H2. The molecule has 2 N–H and O–H groups in total. The number of ether oxygens (including phenoxy) is 1. The first kappa shape index (κ1) is 13.9. The molecule has 2 aromatic carbocycles. The van der Waals surface area contributed by atoms with Gasteiger partial charge in [0.1, 0.15) is 12.4 Å². The van der Waals surface area contributed by atoms with Crippen molar-refractivity contribution in [1.29, 1.82) is 0 Å². The van der Waals surface area contributed by atoms with Crippen molar-refractivity contribution in [2.45, 2.75) is 13.2 Å². The minimum absolute atomic E-state index is 0.400. The molecule has 0 amide bonds. The van der Waals surface area contributed by atoms with Crippen molar-refractivity contribution >= 4 is 22.5 Å². The maximum absolute atomic E-state index is 5.96. The van der Waals surface area contributed by atoms with Crippen LogP contribution in [-0.4, -0.2) is 4.98 Å². The van der Waals surface area contributed by atoms with Crippen LogP contribution in [0.2, 0.25) is 5.02 Å². The van der Waals surface area contributed by atoms with Crippen LogP contribution in [0.4, 0.5) is 0 Å². The summed E-state index contributed by atoms with van der Waals surface area (Å²) in [4.78, 5) is 4.31. The van der Waals surface area contributed by atoms with E-state index in [1.54, 1.807) is 12.3 Å². The summed E-state index contributed by atoms with van der Waals surface area (Å²) in [7, 11) is 0. The molecule has 0 fully saturated rings. The molecule has 1 aromatic heterocycles. The second-order valence-electron chi connectivity index (χ2n) is 4.78. The van der Waals surface area contributed by atoms with Gasteiger partial charge in [0.25, 0.3) is 0 Å². The molecule has 3 rings (SSSR count). The zero-order valence-corrected chi connectivity index (χ0v) is 12.2. The molecule has 0 aliphatic rings. The summed E-state index contributed by atoms with van der Waals surface area (Å²) in [5.41, 5.74) is 8.70. The summed E-state index contributed by atoms with van der Waals surface area (Å²) in [6.45, 7) is 0.886. The average molecular weight is 299 g/mol. The van der Waals surface area contributed by atoms with Crippen LogP contribution < -0.4 is 10.5 Å². The van der Waals surface area contributed by atoms with E-state index in [9.17, 15) is 0 Å². The molecule has 106 valence electrons. The van der Waals surface area contributed by atoms with E-state index in [2.05, 4.69) is 11.1 Å². The highest BCUT2D eigenvalue weighted by Gasteiger charge is 2.04. The van der Waals surface area contributed by atoms with Crippen molar-refractivity contribution < 1.29 is 4.74 Å². The largest absolute Gasteiger partial charge is 0.489 e. The smallest absolute Gasteiger partial charge is 0.124 e. The molecule has 1 heterocycles. The van der Waals surface area contributed by atoms with Gasteiger partial charge < -0.3 is 10.5 Å². The van der Waals surface area contributed by atoms with Gasteiger partial charge in [0, 0.05) is 28.7 Å². The number of hydrogen-bond acceptors (Lipinski definition) is 3. The molecular weight excluding hydrogens is 284 g/mol. The number of fused-ring (bicyclic) bond motifs is 1. The van der Waals surface area contributed by atoms with Crippen molar-refractivity contribution in [3.8, 4) is 5.75 Å². The zero-order chi connectivity index (χ0) is 14.7. The van der Waals surface area contributed by atoms with E-state index in [-0.39, 0.29) is 0 Å². The molecule has 4 heteroatoms. The first-order valence-corrected chi connectivity index (χ1v) is 7.09. The third kappa shape index (κ3) is 3.15. The highest BCUT2D eigenvalue weighted by Crippen LogP contribution is 2.24. The second-order valence-corrected chi connectivity index (χ2v) is 5.21. The Morgan fingerprint density at radius 1 is 1.10 bits per heavy atom. The molecule has 0 aliphatic carbocycles. The van der Waals surface area contributed by atoms with E-state index >= 15 is 0 Å². The third-order valence-electron chi connectivity index (χ3n) is 3.30. The zero-order valence-electron chi connectivity index (χ0n) is 11.4. The number of nitrogens with two attached hydrogens (primary N) is 1. The average Bonchev–Trinajstić information content (AvgIpc) is 2.53. The number of nitrogens with zero attached hydrogens (tertiary/aromatic N) is 1. The van der Waals surface area contributed by atoms with Crippen LogP contribution in [0.3, 0.4) is 0 Å². The number of rotatable bonds is 4. The Bertz CT molecular complexity index is 774. The molecule has 0 unspecified atom stereocenters. The van der Waals surface area contributed by atoms with Gasteiger partial charge in [-0.1, -0.05) is 23.7 Å². The normalized spacial score (nSPS) is 10.8. The van der Waals surface area contributed by atoms with Crippen LogP contribution in [0.25, 0.3) is 10.9 Å².